The Morgan fingerprint density at radius 1 is 0.903 bits per heavy atom. The van der Waals surface area contributed by atoms with Crippen LogP contribution in [0.1, 0.15) is 20.8 Å². The molecular formula is C20H21N3O7S. The first kappa shape index (κ1) is 22.5. The number of carbonyl (C=O) groups is 3. The molecule has 1 saturated heterocycles. The van der Waals surface area contributed by atoms with Crippen molar-refractivity contribution in [2.24, 2.45) is 0 Å². The Labute approximate surface area is 182 Å². The number of carbonyl (C=O) groups excluding carboxylic acids is 3. The van der Waals surface area contributed by atoms with Gasteiger partial charge in [-0.2, -0.15) is 0 Å². The largest absolute Gasteiger partial charge is 0.474 e. The molecule has 2 aromatic rings. The fourth-order valence-corrected chi connectivity index (χ4v) is 4.21. The molecule has 0 radical (unpaired) electrons. The summed E-state index contributed by atoms with van der Waals surface area (Å²) in [5.41, 5.74) is 0.694. The molecule has 1 unspecified atom stereocenters. The van der Waals surface area contributed by atoms with Gasteiger partial charge in [-0.25, -0.2) is 9.97 Å². The number of esters is 3. The summed E-state index contributed by atoms with van der Waals surface area (Å²) < 4.78 is 22.0. The van der Waals surface area contributed by atoms with Gasteiger partial charge in [0, 0.05) is 44.5 Å². The van der Waals surface area contributed by atoms with Crippen molar-refractivity contribution >= 4 is 29.7 Å². The van der Waals surface area contributed by atoms with E-state index in [2.05, 4.69) is 15.0 Å². The molecule has 10 nitrogen and oxygen atoms in total. The van der Waals surface area contributed by atoms with Crippen LogP contribution in [0.5, 0.6) is 5.75 Å². The van der Waals surface area contributed by atoms with Crippen LogP contribution >= 0.6 is 11.8 Å². The van der Waals surface area contributed by atoms with Gasteiger partial charge in [-0.15, -0.1) is 11.8 Å². The summed E-state index contributed by atoms with van der Waals surface area (Å²) in [7, 11) is 0. The van der Waals surface area contributed by atoms with E-state index in [0.717, 1.165) is 5.56 Å². The fourth-order valence-electron chi connectivity index (χ4n) is 3.00. The lowest BCUT2D eigenvalue weighted by atomic mass is 10.1. The van der Waals surface area contributed by atoms with E-state index in [4.69, 9.17) is 18.9 Å². The maximum Gasteiger partial charge on any atom is 0.303 e. The van der Waals surface area contributed by atoms with Crippen molar-refractivity contribution in [3.63, 3.8) is 0 Å². The Morgan fingerprint density at radius 3 is 2.13 bits per heavy atom. The standard InChI is InChI=1S/C20H21N3O7S/c1-11(24)27-17-9-31-20(19(29-13(3)26)18(17)28-12(2)25)30-15-4-5-16(23-8-15)14-6-21-10-22-7-14/h4-8,10,17-20H,9H2,1-3H3/t17-,18+,19-,20?/m1/s1. The highest BCUT2D eigenvalue weighted by molar-refractivity contribution is 7.99. The molecule has 31 heavy (non-hydrogen) atoms. The maximum absolute atomic E-state index is 11.7. The molecule has 2 aromatic heterocycles. The van der Waals surface area contributed by atoms with Gasteiger partial charge >= 0.3 is 17.9 Å². The van der Waals surface area contributed by atoms with Crippen molar-refractivity contribution in [1.29, 1.82) is 0 Å². The van der Waals surface area contributed by atoms with Gasteiger partial charge in [0.2, 0.25) is 0 Å². The van der Waals surface area contributed by atoms with E-state index in [-0.39, 0.29) is 5.75 Å². The van der Waals surface area contributed by atoms with Gasteiger partial charge in [0.1, 0.15) is 12.1 Å². The minimum absolute atomic E-state index is 0.285. The van der Waals surface area contributed by atoms with Crippen molar-refractivity contribution in [3.05, 3.63) is 37.1 Å². The third kappa shape index (κ3) is 6.14. The molecule has 11 heteroatoms. The second-order valence-corrected chi connectivity index (χ2v) is 7.75. The molecule has 0 saturated carbocycles. The van der Waals surface area contributed by atoms with Crippen LogP contribution in [0.3, 0.4) is 0 Å². The molecule has 0 spiro atoms. The Morgan fingerprint density at radius 2 is 1.55 bits per heavy atom. The summed E-state index contributed by atoms with van der Waals surface area (Å²) in [4.78, 5) is 47.1. The van der Waals surface area contributed by atoms with E-state index in [1.165, 1.54) is 45.1 Å². The zero-order chi connectivity index (χ0) is 22.4. The van der Waals surface area contributed by atoms with Crippen LogP contribution in [0.15, 0.2) is 37.1 Å². The molecule has 1 aliphatic rings. The number of rotatable bonds is 6. The van der Waals surface area contributed by atoms with Crippen LogP contribution < -0.4 is 4.74 Å². The van der Waals surface area contributed by atoms with Crippen LogP contribution in [0.25, 0.3) is 11.3 Å². The quantitative estimate of drug-likeness (QED) is 0.475. The molecule has 3 rings (SSSR count). The van der Waals surface area contributed by atoms with Crippen molar-refractivity contribution in [3.8, 4) is 17.0 Å². The number of ether oxygens (including phenoxy) is 4. The van der Waals surface area contributed by atoms with Crippen LogP contribution in [-0.4, -0.2) is 62.4 Å². The molecule has 0 bridgehead atoms. The van der Waals surface area contributed by atoms with Crippen LogP contribution in [-0.2, 0) is 28.6 Å². The highest BCUT2D eigenvalue weighted by Crippen LogP contribution is 2.34. The minimum Gasteiger partial charge on any atom is -0.474 e. The molecule has 1 aliphatic heterocycles. The van der Waals surface area contributed by atoms with Gasteiger partial charge in [-0.3, -0.25) is 19.4 Å². The van der Waals surface area contributed by atoms with Gasteiger partial charge in [-0.05, 0) is 12.1 Å². The lowest BCUT2D eigenvalue weighted by molar-refractivity contribution is -0.186. The van der Waals surface area contributed by atoms with E-state index in [1.807, 2.05) is 0 Å². The topological polar surface area (TPSA) is 127 Å². The third-order valence-electron chi connectivity index (χ3n) is 4.15. The second kappa shape index (κ2) is 10.2. The molecule has 0 aromatic carbocycles. The Hall–Kier alpha value is -3.21. The summed E-state index contributed by atoms with van der Waals surface area (Å²) in [6.45, 7) is 3.72. The minimum atomic E-state index is -1.01. The predicted octanol–water partition coefficient (Wildman–Crippen LogP) is 1.79. The number of thioether (sulfide) groups is 1. The van der Waals surface area contributed by atoms with E-state index in [0.29, 0.717) is 11.4 Å². The first-order valence-electron chi connectivity index (χ1n) is 9.35. The normalized spacial score (nSPS) is 22.8. The van der Waals surface area contributed by atoms with Gasteiger partial charge in [0.05, 0.1) is 11.9 Å². The fraction of sp³-hybridized carbons (Fsp3) is 0.400. The summed E-state index contributed by atoms with van der Waals surface area (Å²) in [5.74, 6) is -1.01. The molecule has 0 aliphatic carbocycles. The van der Waals surface area contributed by atoms with Crippen molar-refractivity contribution in [2.75, 3.05) is 5.75 Å². The predicted molar refractivity (Wildman–Crippen MR) is 109 cm³/mol. The smallest absolute Gasteiger partial charge is 0.303 e. The van der Waals surface area contributed by atoms with E-state index >= 15 is 0 Å². The zero-order valence-electron chi connectivity index (χ0n) is 17.1. The molecule has 3 heterocycles. The number of pyridine rings is 1. The van der Waals surface area contributed by atoms with Gasteiger partial charge in [0.25, 0.3) is 0 Å². The summed E-state index contributed by atoms with van der Waals surface area (Å²) in [6, 6.07) is 3.45. The number of nitrogens with zero attached hydrogens (tertiary/aromatic N) is 3. The number of hydrogen-bond donors (Lipinski definition) is 0. The highest BCUT2D eigenvalue weighted by Gasteiger charge is 2.47. The molecule has 164 valence electrons. The average Bonchev–Trinajstić information content (AvgIpc) is 2.72. The monoisotopic (exact) mass is 447 g/mol. The van der Waals surface area contributed by atoms with E-state index in [1.54, 1.807) is 24.5 Å². The summed E-state index contributed by atoms with van der Waals surface area (Å²) in [6.07, 6.45) is 3.45. The summed E-state index contributed by atoms with van der Waals surface area (Å²) in [5, 5.41) is 0. The van der Waals surface area contributed by atoms with Gasteiger partial charge in [-0.1, -0.05) is 0 Å². The van der Waals surface area contributed by atoms with E-state index < -0.39 is 41.7 Å². The molecule has 1 fully saturated rings. The Kier molecular flexibility index (Phi) is 7.40. The SMILES string of the molecule is CC(=O)O[C@H]1[C@H](OC(C)=O)CSC(Oc2ccc(-c3cncnc3)nc2)[C@@H]1OC(C)=O. The maximum atomic E-state index is 11.7. The third-order valence-corrected chi connectivity index (χ3v) is 5.36. The van der Waals surface area contributed by atoms with Crippen LogP contribution in [0.4, 0.5) is 0 Å². The Bertz CT molecular complexity index is 926. The van der Waals surface area contributed by atoms with Gasteiger partial charge < -0.3 is 18.9 Å². The number of aromatic nitrogens is 3. The Balaban J connectivity index is 1.80. The first-order valence-corrected chi connectivity index (χ1v) is 10.4. The second-order valence-electron chi connectivity index (χ2n) is 6.62. The molecule has 0 N–H and O–H groups in total. The van der Waals surface area contributed by atoms with Crippen molar-refractivity contribution in [2.45, 2.75) is 44.5 Å². The van der Waals surface area contributed by atoms with Crippen LogP contribution in [0.2, 0.25) is 0 Å². The summed E-state index contributed by atoms with van der Waals surface area (Å²) >= 11 is 1.27. The van der Waals surface area contributed by atoms with Crippen molar-refractivity contribution < 1.29 is 33.3 Å². The lowest BCUT2D eigenvalue weighted by Gasteiger charge is -2.39. The average molecular weight is 447 g/mol. The van der Waals surface area contributed by atoms with E-state index in [9.17, 15) is 14.4 Å². The van der Waals surface area contributed by atoms with Gasteiger partial charge in [0.15, 0.2) is 23.7 Å². The first-order chi connectivity index (χ1) is 14.8. The molecule has 0 amide bonds. The number of hydrogen-bond acceptors (Lipinski definition) is 11. The van der Waals surface area contributed by atoms with Crippen molar-refractivity contribution in [1.82, 2.24) is 15.0 Å². The van der Waals surface area contributed by atoms with Crippen LogP contribution in [0, 0.1) is 0 Å². The highest BCUT2D eigenvalue weighted by atomic mass is 32.2. The molecular weight excluding hydrogens is 426 g/mol. The molecule has 4 atom stereocenters. The lowest BCUT2D eigenvalue weighted by Crippen LogP contribution is -2.55. The zero-order valence-corrected chi connectivity index (χ0v) is 17.9.